The van der Waals surface area contributed by atoms with Crippen LogP contribution in [0.3, 0.4) is 0 Å². The molecule has 1 heterocycles. The zero-order valence-electron chi connectivity index (χ0n) is 16.0. The number of aryl methyl sites for hydroxylation is 3. The number of amides is 2. The fraction of sp³-hybridized carbons (Fsp3) is 0.300. The molecule has 0 fully saturated rings. The molecule has 0 atom stereocenters. The van der Waals surface area contributed by atoms with E-state index in [4.69, 9.17) is 0 Å². The van der Waals surface area contributed by atoms with Gasteiger partial charge in [0.05, 0.1) is 12.1 Å². The van der Waals surface area contributed by atoms with Crippen molar-refractivity contribution in [2.24, 2.45) is 0 Å². The van der Waals surface area contributed by atoms with Crippen LogP contribution in [0.4, 0.5) is 5.69 Å². The van der Waals surface area contributed by atoms with Gasteiger partial charge in [-0.1, -0.05) is 22.9 Å². The van der Waals surface area contributed by atoms with Gasteiger partial charge >= 0.3 is 0 Å². The van der Waals surface area contributed by atoms with E-state index in [-0.39, 0.29) is 18.4 Å². The van der Waals surface area contributed by atoms with Crippen molar-refractivity contribution in [2.45, 2.75) is 27.3 Å². The molecule has 0 saturated carbocycles. The third-order valence-electron chi connectivity index (χ3n) is 4.44. The van der Waals surface area contributed by atoms with Crippen molar-refractivity contribution >= 4 is 28.5 Å². The standard InChI is InChI=1S/C20H23N5O2/c1-5-25-18-9-7-15(11-17(18)22-23-25)20(27)24(4)12-19(26)21-16-8-6-13(2)10-14(16)3/h6-11H,5,12H2,1-4H3,(H,21,26). The van der Waals surface area contributed by atoms with Crippen LogP contribution in [-0.4, -0.2) is 45.3 Å². The highest BCUT2D eigenvalue weighted by molar-refractivity contribution is 6.01. The molecule has 140 valence electrons. The number of carbonyl (C=O) groups is 2. The first-order valence-electron chi connectivity index (χ1n) is 8.85. The number of rotatable bonds is 5. The number of aromatic nitrogens is 3. The van der Waals surface area contributed by atoms with Gasteiger partial charge < -0.3 is 10.2 Å². The van der Waals surface area contributed by atoms with E-state index in [0.29, 0.717) is 17.6 Å². The smallest absolute Gasteiger partial charge is 0.254 e. The van der Waals surface area contributed by atoms with Gasteiger partial charge in [0.25, 0.3) is 5.91 Å². The van der Waals surface area contributed by atoms with Gasteiger partial charge in [0, 0.05) is 24.8 Å². The van der Waals surface area contributed by atoms with E-state index in [1.807, 2.05) is 45.0 Å². The summed E-state index contributed by atoms with van der Waals surface area (Å²) in [5.74, 6) is -0.477. The van der Waals surface area contributed by atoms with Gasteiger partial charge in [-0.25, -0.2) is 4.68 Å². The Morgan fingerprint density at radius 2 is 1.93 bits per heavy atom. The molecule has 0 spiro atoms. The lowest BCUT2D eigenvalue weighted by molar-refractivity contribution is -0.116. The van der Waals surface area contributed by atoms with Gasteiger partial charge in [0.15, 0.2) is 0 Å². The SMILES string of the molecule is CCn1nnc2cc(C(=O)N(C)CC(=O)Nc3ccc(C)cc3C)ccc21. The third-order valence-corrected chi connectivity index (χ3v) is 4.44. The Kier molecular flexibility index (Phi) is 5.21. The average molecular weight is 365 g/mol. The molecule has 1 aromatic heterocycles. The number of hydrogen-bond acceptors (Lipinski definition) is 4. The Morgan fingerprint density at radius 1 is 1.15 bits per heavy atom. The third kappa shape index (κ3) is 3.97. The van der Waals surface area contributed by atoms with E-state index in [1.54, 1.807) is 23.9 Å². The molecule has 3 rings (SSSR count). The molecule has 27 heavy (non-hydrogen) atoms. The second-order valence-corrected chi connectivity index (χ2v) is 6.64. The van der Waals surface area contributed by atoms with E-state index in [9.17, 15) is 9.59 Å². The Labute approximate surface area is 158 Å². The number of benzene rings is 2. The molecule has 0 saturated heterocycles. The van der Waals surface area contributed by atoms with Crippen molar-refractivity contribution in [3.05, 3.63) is 53.1 Å². The van der Waals surface area contributed by atoms with Crippen molar-refractivity contribution in [3.8, 4) is 0 Å². The second kappa shape index (κ2) is 7.57. The maximum Gasteiger partial charge on any atom is 0.254 e. The van der Waals surface area contributed by atoms with Gasteiger partial charge in [-0.3, -0.25) is 9.59 Å². The summed E-state index contributed by atoms with van der Waals surface area (Å²) in [5, 5.41) is 11.0. The lowest BCUT2D eigenvalue weighted by Crippen LogP contribution is -2.35. The number of nitrogens with zero attached hydrogens (tertiary/aromatic N) is 4. The minimum absolute atomic E-state index is 0.0359. The number of carbonyl (C=O) groups excluding carboxylic acids is 2. The van der Waals surface area contributed by atoms with Crippen LogP contribution in [0.5, 0.6) is 0 Å². The summed E-state index contributed by atoms with van der Waals surface area (Å²) in [5.41, 5.74) is 4.90. The van der Waals surface area contributed by atoms with Crippen LogP contribution in [0.2, 0.25) is 0 Å². The van der Waals surface area contributed by atoms with Crippen molar-refractivity contribution in [1.29, 1.82) is 0 Å². The first-order valence-corrected chi connectivity index (χ1v) is 8.85. The largest absolute Gasteiger partial charge is 0.332 e. The fourth-order valence-corrected chi connectivity index (χ4v) is 2.99. The van der Waals surface area contributed by atoms with E-state index < -0.39 is 0 Å². The second-order valence-electron chi connectivity index (χ2n) is 6.64. The average Bonchev–Trinajstić information content (AvgIpc) is 3.05. The van der Waals surface area contributed by atoms with E-state index in [2.05, 4.69) is 15.6 Å². The lowest BCUT2D eigenvalue weighted by Gasteiger charge is -2.17. The first kappa shape index (κ1) is 18.6. The van der Waals surface area contributed by atoms with Crippen LogP contribution in [0, 0.1) is 13.8 Å². The number of anilines is 1. The molecule has 1 N–H and O–H groups in total. The predicted molar refractivity (Wildman–Crippen MR) is 105 cm³/mol. The van der Waals surface area contributed by atoms with Crippen LogP contribution in [0.15, 0.2) is 36.4 Å². The van der Waals surface area contributed by atoms with Crippen LogP contribution < -0.4 is 5.32 Å². The molecule has 0 aliphatic heterocycles. The highest BCUT2D eigenvalue weighted by atomic mass is 16.2. The zero-order valence-corrected chi connectivity index (χ0v) is 16.0. The number of hydrogen-bond donors (Lipinski definition) is 1. The van der Waals surface area contributed by atoms with Crippen molar-refractivity contribution in [1.82, 2.24) is 19.9 Å². The maximum atomic E-state index is 12.7. The quantitative estimate of drug-likeness (QED) is 0.754. The minimum atomic E-state index is -0.240. The van der Waals surface area contributed by atoms with E-state index in [1.165, 1.54) is 4.90 Å². The van der Waals surface area contributed by atoms with Crippen molar-refractivity contribution in [2.75, 3.05) is 18.9 Å². The molecule has 0 aliphatic carbocycles. The molecule has 7 nitrogen and oxygen atoms in total. The summed E-state index contributed by atoms with van der Waals surface area (Å²) in [4.78, 5) is 26.4. The number of fused-ring (bicyclic) bond motifs is 1. The van der Waals surface area contributed by atoms with Gasteiger partial charge in [0.1, 0.15) is 5.52 Å². The van der Waals surface area contributed by atoms with Gasteiger partial charge in [0.2, 0.25) is 5.91 Å². The van der Waals surface area contributed by atoms with Gasteiger partial charge in [-0.05, 0) is 50.6 Å². The lowest BCUT2D eigenvalue weighted by atomic mass is 10.1. The van der Waals surface area contributed by atoms with Crippen molar-refractivity contribution < 1.29 is 9.59 Å². The summed E-state index contributed by atoms with van der Waals surface area (Å²) in [6.07, 6.45) is 0. The summed E-state index contributed by atoms with van der Waals surface area (Å²) >= 11 is 0. The fourth-order valence-electron chi connectivity index (χ4n) is 2.99. The van der Waals surface area contributed by atoms with Gasteiger partial charge in [-0.15, -0.1) is 5.10 Å². The summed E-state index contributed by atoms with van der Waals surface area (Å²) in [6.45, 7) is 6.60. The Bertz CT molecular complexity index is 1010. The molecule has 3 aromatic rings. The molecular weight excluding hydrogens is 342 g/mol. The normalized spacial score (nSPS) is 10.8. The van der Waals surface area contributed by atoms with Crippen LogP contribution in [-0.2, 0) is 11.3 Å². The number of likely N-dealkylation sites (N-methyl/N-ethyl adjacent to an activating group) is 1. The molecule has 0 bridgehead atoms. The Balaban J connectivity index is 1.68. The topological polar surface area (TPSA) is 80.1 Å². The highest BCUT2D eigenvalue weighted by Crippen LogP contribution is 2.17. The summed E-state index contributed by atoms with van der Waals surface area (Å²) in [6, 6.07) is 11.1. The molecule has 0 radical (unpaired) electrons. The van der Waals surface area contributed by atoms with Crippen LogP contribution in [0.1, 0.15) is 28.4 Å². The predicted octanol–water partition coefficient (Wildman–Crippen LogP) is 2.78. The molecule has 2 amide bonds. The monoisotopic (exact) mass is 365 g/mol. The first-order chi connectivity index (χ1) is 12.9. The molecule has 0 aliphatic rings. The van der Waals surface area contributed by atoms with Crippen LogP contribution in [0.25, 0.3) is 11.0 Å². The summed E-state index contributed by atoms with van der Waals surface area (Å²) in [7, 11) is 1.61. The minimum Gasteiger partial charge on any atom is -0.332 e. The molecule has 2 aromatic carbocycles. The number of nitrogens with one attached hydrogen (secondary N) is 1. The maximum absolute atomic E-state index is 12.7. The van der Waals surface area contributed by atoms with E-state index >= 15 is 0 Å². The zero-order chi connectivity index (χ0) is 19.6. The van der Waals surface area contributed by atoms with Crippen LogP contribution >= 0.6 is 0 Å². The molecule has 7 heteroatoms. The molecular formula is C20H23N5O2. The van der Waals surface area contributed by atoms with E-state index in [0.717, 1.165) is 22.3 Å². The highest BCUT2D eigenvalue weighted by Gasteiger charge is 2.17. The van der Waals surface area contributed by atoms with Gasteiger partial charge in [-0.2, -0.15) is 0 Å². The Morgan fingerprint density at radius 3 is 2.63 bits per heavy atom. The molecule has 0 unspecified atom stereocenters. The summed E-state index contributed by atoms with van der Waals surface area (Å²) < 4.78 is 1.77. The Hall–Kier alpha value is -3.22. The van der Waals surface area contributed by atoms with Crippen molar-refractivity contribution in [3.63, 3.8) is 0 Å².